The molecule has 0 atom stereocenters. The average molecular weight is 388 g/mol. The van der Waals surface area contributed by atoms with E-state index in [4.69, 9.17) is 9.68 Å². The number of fused-ring (bicyclic) bond motifs is 1. The molecule has 3 heterocycles. The summed E-state index contributed by atoms with van der Waals surface area (Å²) in [5.74, 6) is 0.527. The van der Waals surface area contributed by atoms with Gasteiger partial charge >= 0.3 is 5.63 Å². The SMILES string of the molecule is N#Cc1ccc(N2CCN(C(=O)CCc3cc4ncccc4c(=O)o3)CC2)cc1. The van der Waals surface area contributed by atoms with Gasteiger partial charge in [-0.3, -0.25) is 9.78 Å². The average Bonchev–Trinajstić information content (AvgIpc) is 2.78. The summed E-state index contributed by atoms with van der Waals surface area (Å²) in [6.45, 7) is 2.77. The molecule has 0 saturated carbocycles. The zero-order chi connectivity index (χ0) is 20.2. The van der Waals surface area contributed by atoms with Crippen LogP contribution in [0, 0.1) is 11.3 Å². The molecule has 2 aromatic heterocycles. The quantitative estimate of drug-likeness (QED) is 0.681. The van der Waals surface area contributed by atoms with Crippen LogP contribution in [-0.4, -0.2) is 42.0 Å². The Balaban J connectivity index is 1.33. The molecule has 4 rings (SSSR count). The Morgan fingerprint density at radius 3 is 2.62 bits per heavy atom. The fraction of sp³-hybridized carbons (Fsp3) is 0.273. The van der Waals surface area contributed by atoms with Gasteiger partial charge in [-0.15, -0.1) is 0 Å². The third kappa shape index (κ3) is 4.11. The highest BCUT2D eigenvalue weighted by molar-refractivity contribution is 5.78. The number of carbonyl (C=O) groups excluding carboxylic acids is 1. The standard InChI is InChI=1S/C22H20N4O3/c23-15-16-3-5-17(6-4-16)25-10-12-26(13-11-25)21(27)8-7-18-14-20-19(22(28)29-18)2-1-9-24-20/h1-6,9,14H,7-8,10-13H2. The summed E-state index contributed by atoms with van der Waals surface area (Å²) < 4.78 is 5.32. The fourth-order valence-electron chi connectivity index (χ4n) is 3.53. The molecule has 0 aliphatic carbocycles. The first kappa shape index (κ1) is 18.7. The highest BCUT2D eigenvalue weighted by Gasteiger charge is 2.21. The van der Waals surface area contributed by atoms with Gasteiger partial charge in [0.25, 0.3) is 0 Å². The van der Waals surface area contributed by atoms with Crippen LogP contribution in [0.3, 0.4) is 0 Å². The maximum atomic E-state index is 12.6. The van der Waals surface area contributed by atoms with Gasteiger partial charge in [-0.1, -0.05) is 0 Å². The lowest BCUT2D eigenvalue weighted by Crippen LogP contribution is -2.48. The Morgan fingerprint density at radius 2 is 1.90 bits per heavy atom. The second-order valence-electron chi connectivity index (χ2n) is 6.96. The van der Waals surface area contributed by atoms with Crippen LogP contribution >= 0.6 is 0 Å². The van der Waals surface area contributed by atoms with E-state index in [1.165, 1.54) is 0 Å². The molecule has 0 spiro atoms. The predicted octanol–water partition coefficient (Wildman–Crippen LogP) is 2.34. The largest absolute Gasteiger partial charge is 0.427 e. The minimum absolute atomic E-state index is 0.0493. The van der Waals surface area contributed by atoms with Crippen LogP contribution in [0.4, 0.5) is 5.69 Å². The van der Waals surface area contributed by atoms with Crippen molar-refractivity contribution in [3.8, 4) is 6.07 Å². The number of anilines is 1. The summed E-state index contributed by atoms with van der Waals surface area (Å²) >= 11 is 0. The predicted molar refractivity (Wildman–Crippen MR) is 109 cm³/mol. The Labute approximate surface area is 167 Å². The van der Waals surface area contributed by atoms with Gasteiger partial charge < -0.3 is 14.2 Å². The molecule has 1 amide bonds. The second kappa shape index (κ2) is 8.15. The van der Waals surface area contributed by atoms with E-state index < -0.39 is 5.63 Å². The minimum atomic E-state index is -0.422. The zero-order valence-electron chi connectivity index (χ0n) is 15.9. The van der Waals surface area contributed by atoms with Gasteiger partial charge in [0, 0.05) is 57.0 Å². The van der Waals surface area contributed by atoms with Crippen LogP contribution < -0.4 is 10.5 Å². The van der Waals surface area contributed by atoms with Crippen molar-refractivity contribution < 1.29 is 9.21 Å². The van der Waals surface area contributed by atoms with Gasteiger partial charge in [-0.2, -0.15) is 5.26 Å². The van der Waals surface area contributed by atoms with E-state index in [0.717, 1.165) is 18.8 Å². The van der Waals surface area contributed by atoms with E-state index in [0.29, 0.717) is 41.7 Å². The van der Waals surface area contributed by atoms with Gasteiger partial charge in [-0.25, -0.2) is 4.79 Å². The van der Waals surface area contributed by atoms with E-state index in [1.54, 1.807) is 36.5 Å². The lowest BCUT2D eigenvalue weighted by Gasteiger charge is -2.36. The Morgan fingerprint density at radius 1 is 1.14 bits per heavy atom. The summed E-state index contributed by atoms with van der Waals surface area (Å²) in [7, 11) is 0. The van der Waals surface area contributed by atoms with Gasteiger partial charge in [0.2, 0.25) is 5.91 Å². The first-order chi connectivity index (χ1) is 14.1. The molecule has 29 heavy (non-hydrogen) atoms. The molecule has 0 unspecified atom stereocenters. The first-order valence-corrected chi connectivity index (χ1v) is 9.55. The molecule has 1 fully saturated rings. The Kier molecular flexibility index (Phi) is 5.25. The summed E-state index contributed by atoms with van der Waals surface area (Å²) in [4.78, 5) is 32.9. The number of benzene rings is 1. The molecule has 146 valence electrons. The lowest BCUT2D eigenvalue weighted by molar-refractivity contribution is -0.131. The molecule has 1 saturated heterocycles. The number of carbonyl (C=O) groups is 1. The fourth-order valence-corrected chi connectivity index (χ4v) is 3.53. The highest BCUT2D eigenvalue weighted by atomic mass is 16.4. The van der Waals surface area contributed by atoms with Gasteiger partial charge in [0.15, 0.2) is 0 Å². The van der Waals surface area contributed by atoms with E-state index >= 15 is 0 Å². The molecule has 7 heteroatoms. The third-order valence-corrected chi connectivity index (χ3v) is 5.16. The molecule has 1 aliphatic rings. The lowest BCUT2D eigenvalue weighted by atomic mass is 10.1. The molecule has 0 bridgehead atoms. The topological polar surface area (TPSA) is 90.4 Å². The number of nitrogens with zero attached hydrogens (tertiary/aromatic N) is 4. The summed E-state index contributed by atoms with van der Waals surface area (Å²) in [5.41, 5.74) is 1.86. The van der Waals surface area contributed by atoms with Gasteiger partial charge in [0.1, 0.15) is 5.76 Å². The van der Waals surface area contributed by atoms with Crippen molar-refractivity contribution in [2.75, 3.05) is 31.1 Å². The van der Waals surface area contributed by atoms with Crippen molar-refractivity contribution in [1.82, 2.24) is 9.88 Å². The summed E-state index contributed by atoms with van der Waals surface area (Å²) in [6.07, 6.45) is 2.29. The first-order valence-electron chi connectivity index (χ1n) is 9.55. The molecule has 7 nitrogen and oxygen atoms in total. The number of rotatable bonds is 4. The van der Waals surface area contributed by atoms with Crippen molar-refractivity contribution in [3.05, 3.63) is 70.4 Å². The number of nitriles is 1. The van der Waals surface area contributed by atoms with Crippen LogP contribution in [0.25, 0.3) is 10.9 Å². The molecule has 0 radical (unpaired) electrons. The zero-order valence-corrected chi connectivity index (χ0v) is 15.9. The van der Waals surface area contributed by atoms with Crippen LogP contribution in [0.15, 0.2) is 57.9 Å². The van der Waals surface area contributed by atoms with E-state index in [2.05, 4.69) is 16.0 Å². The molecule has 0 N–H and O–H groups in total. The van der Waals surface area contributed by atoms with Crippen LogP contribution in [-0.2, 0) is 11.2 Å². The molecular weight excluding hydrogens is 368 g/mol. The number of amides is 1. The van der Waals surface area contributed by atoms with Gasteiger partial charge in [0.05, 0.1) is 22.5 Å². The smallest absolute Gasteiger partial charge is 0.345 e. The number of hydrogen-bond acceptors (Lipinski definition) is 6. The molecular formula is C22H20N4O3. The number of piperazine rings is 1. The maximum Gasteiger partial charge on any atom is 0.345 e. The molecule has 1 aromatic carbocycles. The third-order valence-electron chi connectivity index (χ3n) is 5.16. The number of aromatic nitrogens is 1. The van der Waals surface area contributed by atoms with Crippen LogP contribution in [0.2, 0.25) is 0 Å². The van der Waals surface area contributed by atoms with Crippen LogP contribution in [0.1, 0.15) is 17.7 Å². The van der Waals surface area contributed by atoms with Crippen molar-refractivity contribution in [3.63, 3.8) is 0 Å². The monoisotopic (exact) mass is 388 g/mol. The van der Waals surface area contributed by atoms with E-state index in [9.17, 15) is 9.59 Å². The van der Waals surface area contributed by atoms with Crippen molar-refractivity contribution >= 4 is 22.5 Å². The maximum absolute atomic E-state index is 12.6. The van der Waals surface area contributed by atoms with E-state index in [1.807, 2.05) is 17.0 Å². The molecule has 1 aliphatic heterocycles. The van der Waals surface area contributed by atoms with Crippen molar-refractivity contribution in [1.29, 1.82) is 5.26 Å². The molecule has 3 aromatic rings. The Bertz CT molecular complexity index is 1120. The van der Waals surface area contributed by atoms with Gasteiger partial charge in [-0.05, 0) is 36.4 Å². The van der Waals surface area contributed by atoms with Crippen molar-refractivity contribution in [2.24, 2.45) is 0 Å². The number of aryl methyl sites for hydroxylation is 1. The van der Waals surface area contributed by atoms with Crippen molar-refractivity contribution in [2.45, 2.75) is 12.8 Å². The number of hydrogen-bond donors (Lipinski definition) is 0. The second-order valence-corrected chi connectivity index (χ2v) is 6.96. The van der Waals surface area contributed by atoms with Crippen LogP contribution in [0.5, 0.6) is 0 Å². The number of pyridine rings is 1. The normalized spacial score (nSPS) is 14.0. The van der Waals surface area contributed by atoms with E-state index in [-0.39, 0.29) is 12.3 Å². The Hall–Kier alpha value is -3.66. The summed E-state index contributed by atoms with van der Waals surface area (Å²) in [6, 6.07) is 14.7. The summed E-state index contributed by atoms with van der Waals surface area (Å²) in [5, 5.41) is 9.35. The highest BCUT2D eigenvalue weighted by Crippen LogP contribution is 2.18. The minimum Gasteiger partial charge on any atom is -0.427 e.